The SMILES string of the molecule is CCNC(=O)c1ccc(B2OC(C)(C)C(C)(C)O2)c(C)c1. The van der Waals surface area contributed by atoms with E-state index in [1.54, 1.807) is 0 Å². The average Bonchev–Trinajstić information content (AvgIpc) is 2.58. The molecule has 0 radical (unpaired) electrons. The number of rotatable bonds is 3. The summed E-state index contributed by atoms with van der Waals surface area (Å²) in [7, 11) is -0.390. The second-order valence-corrected chi connectivity index (χ2v) is 6.52. The molecule has 0 saturated carbocycles. The number of hydrogen-bond acceptors (Lipinski definition) is 3. The lowest BCUT2D eigenvalue weighted by Crippen LogP contribution is -2.41. The Morgan fingerprint density at radius 2 is 1.76 bits per heavy atom. The molecule has 1 saturated heterocycles. The van der Waals surface area contributed by atoms with Crippen molar-refractivity contribution in [1.29, 1.82) is 0 Å². The van der Waals surface area contributed by atoms with E-state index in [2.05, 4.69) is 5.32 Å². The topological polar surface area (TPSA) is 47.6 Å². The monoisotopic (exact) mass is 289 g/mol. The summed E-state index contributed by atoms with van der Waals surface area (Å²) in [5, 5.41) is 2.80. The minimum atomic E-state index is -0.390. The van der Waals surface area contributed by atoms with Gasteiger partial charge < -0.3 is 14.6 Å². The van der Waals surface area contributed by atoms with Crippen LogP contribution in [0, 0.1) is 6.92 Å². The number of amides is 1. The fourth-order valence-corrected chi connectivity index (χ4v) is 2.31. The van der Waals surface area contributed by atoms with E-state index in [0.717, 1.165) is 11.0 Å². The molecule has 114 valence electrons. The van der Waals surface area contributed by atoms with Crippen LogP contribution in [0.5, 0.6) is 0 Å². The van der Waals surface area contributed by atoms with E-state index in [4.69, 9.17) is 9.31 Å². The van der Waals surface area contributed by atoms with Crippen LogP contribution in [-0.4, -0.2) is 30.8 Å². The Balaban J connectivity index is 2.25. The first kappa shape index (κ1) is 16.1. The van der Waals surface area contributed by atoms with Gasteiger partial charge in [0.15, 0.2) is 0 Å². The van der Waals surface area contributed by atoms with Crippen molar-refractivity contribution in [1.82, 2.24) is 5.32 Å². The molecule has 1 aromatic rings. The summed E-state index contributed by atoms with van der Waals surface area (Å²) in [5.74, 6) is -0.0546. The largest absolute Gasteiger partial charge is 0.495 e. The molecule has 0 aromatic heterocycles. The standard InChI is InChI=1S/C16H24BNO3/c1-7-18-14(19)12-8-9-13(11(2)10-12)17-20-15(3,4)16(5,6)21-17/h8-10H,7H2,1-6H3,(H,18,19). The third kappa shape index (κ3) is 2.99. The van der Waals surface area contributed by atoms with Crippen LogP contribution in [-0.2, 0) is 9.31 Å². The van der Waals surface area contributed by atoms with E-state index in [1.165, 1.54) is 0 Å². The molecule has 1 N–H and O–H groups in total. The Labute approximate surface area is 127 Å². The first-order chi connectivity index (χ1) is 9.68. The summed E-state index contributed by atoms with van der Waals surface area (Å²) >= 11 is 0. The summed E-state index contributed by atoms with van der Waals surface area (Å²) in [4.78, 5) is 11.9. The van der Waals surface area contributed by atoms with Crippen molar-refractivity contribution >= 4 is 18.5 Å². The molecule has 5 heteroatoms. The van der Waals surface area contributed by atoms with Crippen LogP contribution in [0.2, 0.25) is 0 Å². The molecule has 1 fully saturated rings. The quantitative estimate of drug-likeness (QED) is 0.866. The van der Waals surface area contributed by atoms with E-state index < -0.39 is 7.12 Å². The Morgan fingerprint density at radius 1 is 1.19 bits per heavy atom. The van der Waals surface area contributed by atoms with Crippen molar-refractivity contribution in [2.45, 2.75) is 52.7 Å². The number of carbonyl (C=O) groups excluding carboxylic acids is 1. The lowest BCUT2D eigenvalue weighted by atomic mass is 9.76. The normalized spacial score (nSPS) is 19.6. The molecule has 0 aliphatic carbocycles. The molecular weight excluding hydrogens is 265 g/mol. The van der Waals surface area contributed by atoms with Gasteiger partial charge in [-0.3, -0.25) is 4.79 Å². The highest BCUT2D eigenvalue weighted by Crippen LogP contribution is 2.36. The fourth-order valence-electron chi connectivity index (χ4n) is 2.31. The molecule has 2 rings (SSSR count). The third-order valence-electron chi connectivity index (χ3n) is 4.38. The Bertz CT molecular complexity index is 538. The molecule has 1 amide bonds. The molecule has 0 atom stereocenters. The van der Waals surface area contributed by atoms with Crippen LogP contribution >= 0.6 is 0 Å². The maximum atomic E-state index is 11.9. The van der Waals surface area contributed by atoms with E-state index in [-0.39, 0.29) is 17.1 Å². The highest BCUT2D eigenvalue weighted by molar-refractivity contribution is 6.62. The van der Waals surface area contributed by atoms with Gasteiger partial charge in [0.25, 0.3) is 5.91 Å². The van der Waals surface area contributed by atoms with Crippen molar-refractivity contribution < 1.29 is 14.1 Å². The van der Waals surface area contributed by atoms with Gasteiger partial charge in [-0.2, -0.15) is 0 Å². The van der Waals surface area contributed by atoms with Crippen molar-refractivity contribution in [3.8, 4) is 0 Å². The minimum absolute atomic E-state index is 0.0546. The maximum absolute atomic E-state index is 11.9. The van der Waals surface area contributed by atoms with Gasteiger partial charge >= 0.3 is 7.12 Å². The van der Waals surface area contributed by atoms with Gasteiger partial charge in [-0.15, -0.1) is 0 Å². The summed E-state index contributed by atoms with van der Waals surface area (Å²) in [6.45, 7) is 12.6. The molecule has 1 aliphatic rings. The molecule has 0 bridgehead atoms. The number of hydrogen-bond donors (Lipinski definition) is 1. The third-order valence-corrected chi connectivity index (χ3v) is 4.38. The minimum Gasteiger partial charge on any atom is -0.399 e. The molecule has 21 heavy (non-hydrogen) atoms. The Hall–Kier alpha value is -1.33. The van der Waals surface area contributed by atoms with Crippen LogP contribution in [0.3, 0.4) is 0 Å². The second-order valence-electron chi connectivity index (χ2n) is 6.52. The number of aryl methyl sites for hydroxylation is 1. The zero-order chi connectivity index (χ0) is 15.8. The van der Waals surface area contributed by atoms with Gasteiger partial charge in [0, 0.05) is 12.1 Å². The number of carbonyl (C=O) groups is 1. The van der Waals surface area contributed by atoms with E-state index in [1.807, 2.05) is 59.7 Å². The van der Waals surface area contributed by atoms with E-state index in [9.17, 15) is 4.79 Å². The van der Waals surface area contributed by atoms with Crippen molar-refractivity contribution in [3.63, 3.8) is 0 Å². The average molecular weight is 289 g/mol. The molecule has 1 aromatic carbocycles. The molecule has 1 heterocycles. The summed E-state index contributed by atoms with van der Waals surface area (Å²) in [6, 6.07) is 5.62. The highest BCUT2D eigenvalue weighted by Gasteiger charge is 2.52. The first-order valence-electron chi connectivity index (χ1n) is 7.42. The molecule has 4 nitrogen and oxygen atoms in total. The van der Waals surface area contributed by atoms with Crippen LogP contribution in [0.15, 0.2) is 18.2 Å². The second kappa shape index (κ2) is 5.46. The smallest absolute Gasteiger partial charge is 0.399 e. The van der Waals surface area contributed by atoms with Crippen molar-refractivity contribution in [2.75, 3.05) is 6.54 Å². The van der Waals surface area contributed by atoms with Crippen molar-refractivity contribution in [3.05, 3.63) is 29.3 Å². The van der Waals surface area contributed by atoms with E-state index >= 15 is 0 Å². The number of benzene rings is 1. The van der Waals surface area contributed by atoms with E-state index in [0.29, 0.717) is 12.1 Å². The molecule has 0 unspecified atom stereocenters. The molecule has 0 spiro atoms. The van der Waals surface area contributed by atoms with Gasteiger partial charge in [0.05, 0.1) is 11.2 Å². The Morgan fingerprint density at radius 3 is 2.24 bits per heavy atom. The summed E-state index contributed by atoms with van der Waals surface area (Å²) in [6.07, 6.45) is 0. The van der Waals surface area contributed by atoms with Gasteiger partial charge in [-0.05, 0) is 59.1 Å². The van der Waals surface area contributed by atoms with Gasteiger partial charge in [-0.1, -0.05) is 11.6 Å². The fraction of sp³-hybridized carbons (Fsp3) is 0.562. The number of nitrogens with one attached hydrogen (secondary N) is 1. The zero-order valence-electron chi connectivity index (χ0n) is 13.7. The molecular formula is C16H24BNO3. The van der Waals surface area contributed by atoms with Crippen LogP contribution in [0.25, 0.3) is 0 Å². The molecule has 1 aliphatic heterocycles. The zero-order valence-corrected chi connectivity index (χ0v) is 13.7. The lowest BCUT2D eigenvalue weighted by Gasteiger charge is -2.32. The lowest BCUT2D eigenvalue weighted by molar-refractivity contribution is 0.00578. The highest BCUT2D eigenvalue weighted by atomic mass is 16.7. The predicted molar refractivity (Wildman–Crippen MR) is 84.9 cm³/mol. The van der Waals surface area contributed by atoms with Crippen LogP contribution < -0.4 is 10.8 Å². The maximum Gasteiger partial charge on any atom is 0.495 e. The van der Waals surface area contributed by atoms with Crippen molar-refractivity contribution in [2.24, 2.45) is 0 Å². The van der Waals surface area contributed by atoms with Gasteiger partial charge in [-0.25, -0.2) is 0 Å². The predicted octanol–water partition coefficient (Wildman–Crippen LogP) is 2.04. The van der Waals surface area contributed by atoms with Gasteiger partial charge in [0.2, 0.25) is 0 Å². The van der Waals surface area contributed by atoms with Crippen LogP contribution in [0.1, 0.15) is 50.5 Å². The Kier molecular flexibility index (Phi) is 4.18. The van der Waals surface area contributed by atoms with Crippen LogP contribution in [0.4, 0.5) is 0 Å². The summed E-state index contributed by atoms with van der Waals surface area (Å²) in [5.41, 5.74) is 1.92. The van der Waals surface area contributed by atoms with Gasteiger partial charge in [0.1, 0.15) is 0 Å². The first-order valence-corrected chi connectivity index (χ1v) is 7.42. The summed E-state index contributed by atoms with van der Waals surface area (Å²) < 4.78 is 12.1.